The molecule has 26 heavy (non-hydrogen) atoms. The summed E-state index contributed by atoms with van der Waals surface area (Å²) in [7, 11) is 4.01. The van der Waals surface area contributed by atoms with E-state index in [0.717, 1.165) is 48.4 Å². The Morgan fingerprint density at radius 3 is 2.73 bits per heavy atom. The number of nitrogens with zero attached hydrogens (tertiary/aromatic N) is 5. The van der Waals surface area contributed by atoms with E-state index in [0.29, 0.717) is 18.3 Å². The number of amides is 1. The van der Waals surface area contributed by atoms with Gasteiger partial charge in [-0.3, -0.25) is 9.78 Å². The second-order valence-electron chi connectivity index (χ2n) is 7.42. The van der Waals surface area contributed by atoms with Crippen LogP contribution in [-0.4, -0.2) is 46.4 Å². The molecule has 136 valence electrons. The van der Waals surface area contributed by atoms with Gasteiger partial charge in [0.15, 0.2) is 5.82 Å². The van der Waals surface area contributed by atoms with Crippen LogP contribution in [0.1, 0.15) is 36.9 Å². The number of hydrogen-bond acceptors (Lipinski definition) is 5. The van der Waals surface area contributed by atoms with Gasteiger partial charge in [0.05, 0.1) is 12.2 Å². The molecular formula is C20H25N5O. The number of carbonyl (C=O) groups excluding carboxylic acids is 1. The lowest BCUT2D eigenvalue weighted by Crippen LogP contribution is -2.40. The van der Waals surface area contributed by atoms with E-state index in [2.05, 4.69) is 4.98 Å². The van der Waals surface area contributed by atoms with Crippen molar-refractivity contribution in [3.8, 4) is 11.4 Å². The minimum atomic E-state index is 0.213. The van der Waals surface area contributed by atoms with Crippen LogP contribution in [0.25, 0.3) is 11.4 Å². The molecule has 3 heterocycles. The standard InChI is InChI=1S/C20H25N5O/c1-24(2)19-16-9-11-25(20(26)14-6-3-4-7-14)13-17(16)22-18(23-19)15-8-5-10-21-12-15/h5,8,10,12,14H,3-4,6-7,9,11,13H2,1-2H3. The lowest BCUT2D eigenvalue weighted by atomic mass is 10.0. The molecular weight excluding hydrogens is 326 g/mol. The van der Waals surface area contributed by atoms with E-state index >= 15 is 0 Å². The monoisotopic (exact) mass is 351 g/mol. The summed E-state index contributed by atoms with van der Waals surface area (Å²) in [5.74, 6) is 2.14. The first-order valence-corrected chi connectivity index (χ1v) is 9.40. The van der Waals surface area contributed by atoms with Gasteiger partial charge in [-0.05, 0) is 31.4 Å². The third-order valence-corrected chi connectivity index (χ3v) is 5.40. The summed E-state index contributed by atoms with van der Waals surface area (Å²) in [5.41, 5.74) is 3.04. The van der Waals surface area contributed by atoms with Gasteiger partial charge in [0, 0.05) is 50.1 Å². The van der Waals surface area contributed by atoms with Crippen molar-refractivity contribution in [2.45, 2.75) is 38.6 Å². The molecule has 0 radical (unpaired) electrons. The van der Waals surface area contributed by atoms with Gasteiger partial charge < -0.3 is 9.80 Å². The first-order chi connectivity index (χ1) is 12.6. The Bertz CT molecular complexity index is 799. The number of aromatic nitrogens is 3. The molecule has 6 heteroatoms. The van der Waals surface area contributed by atoms with Crippen molar-refractivity contribution in [2.75, 3.05) is 25.5 Å². The minimum absolute atomic E-state index is 0.213. The fraction of sp³-hybridized carbons (Fsp3) is 0.500. The molecule has 1 saturated carbocycles. The normalized spacial score (nSPS) is 17.2. The maximum atomic E-state index is 12.8. The fourth-order valence-electron chi connectivity index (χ4n) is 4.02. The predicted molar refractivity (Wildman–Crippen MR) is 101 cm³/mol. The van der Waals surface area contributed by atoms with Crippen LogP contribution in [0.3, 0.4) is 0 Å². The molecule has 0 unspecified atom stereocenters. The summed E-state index contributed by atoms with van der Waals surface area (Å²) in [6, 6.07) is 3.86. The molecule has 4 rings (SSSR count). The molecule has 0 N–H and O–H groups in total. The summed E-state index contributed by atoms with van der Waals surface area (Å²) in [6.45, 7) is 1.35. The maximum Gasteiger partial charge on any atom is 0.226 e. The molecule has 0 saturated heterocycles. The SMILES string of the molecule is CN(C)c1nc(-c2cccnc2)nc2c1CCN(C(=O)C1CCCC1)C2. The van der Waals surface area contributed by atoms with Gasteiger partial charge in [0.25, 0.3) is 0 Å². The lowest BCUT2D eigenvalue weighted by molar-refractivity contribution is -0.136. The van der Waals surface area contributed by atoms with Gasteiger partial charge in [-0.1, -0.05) is 12.8 Å². The van der Waals surface area contributed by atoms with Gasteiger partial charge in [0.1, 0.15) is 5.82 Å². The maximum absolute atomic E-state index is 12.8. The largest absolute Gasteiger partial charge is 0.362 e. The molecule has 1 amide bonds. The van der Waals surface area contributed by atoms with Crippen LogP contribution in [0.5, 0.6) is 0 Å². The van der Waals surface area contributed by atoms with Crippen molar-refractivity contribution >= 4 is 11.7 Å². The van der Waals surface area contributed by atoms with E-state index in [-0.39, 0.29) is 5.92 Å². The van der Waals surface area contributed by atoms with Crippen LogP contribution in [0.2, 0.25) is 0 Å². The summed E-state index contributed by atoms with van der Waals surface area (Å²) in [4.78, 5) is 30.7. The number of fused-ring (bicyclic) bond motifs is 1. The molecule has 1 fully saturated rings. The molecule has 1 aliphatic carbocycles. The Morgan fingerprint density at radius 2 is 2.04 bits per heavy atom. The zero-order chi connectivity index (χ0) is 18.1. The highest BCUT2D eigenvalue weighted by atomic mass is 16.2. The average Bonchev–Trinajstić information content (AvgIpc) is 3.21. The molecule has 1 aliphatic heterocycles. The molecule has 2 aromatic rings. The van der Waals surface area contributed by atoms with Crippen molar-refractivity contribution in [1.29, 1.82) is 0 Å². The Kier molecular flexibility index (Phi) is 4.57. The zero-order valence-corrected chi connectivity index (χ0v) is 15.5. The molecule has 0 atom stereocenters. The molecule has 2 aromatic heterocycles. The van der Waals surface area contributed by atoms with Gasteiger partial charge in [-0.2, -0.15) is 0 Å². The van der Waals surface area contributed by atoms with Gasteiger partial charge in [-0.25, -0.2) is 9.97 Å². The first kappa shape index (κ1) is 16.9. The van der Waals surface area contributed by atoms with Crippen LogP contribution < -0.4 is 4.90 Å². The van der Waals surface area contributed by atoms with Gasteiger partial charge in [0.2, 0.25) is 5.91 Å². The van der Waals surface area contributed by atoms with E-state index in [1.54, 1.807) is 12.4 Å². The second kappa shape index (κ2) is 7.02. The van der Waals surface area contributed by atoms with Crippen LogP contribution in [0.15, 0.2) is 24.5 Å². The van der Waals surface area contributed by atoms with Crippen molar-refractivity contribution < 1.29 is 4.79 Å². The fourth-order valence-corrected chi connectivity index (χ4v) is 4.02. The summed E-state index contributed by atoms with van der Waals surface area (Å²) in [6.07, 6.45) is 8.78. The van der Waals surface area contributed by atoms with E-state index in [1.807, 2.05) is 36.0 Å². The first-order valence-electron chi connectivity index (χ1n) is 9.40. The molecule has 0 aromatic carbocycles. The van der Waals surface area contributed by atoms with Crippen molar-refractivity contribution in [3.05, 3.63) is 35.8 Å². The highest BCUT2D eigenvalue weighted by molar-refractivity contribution is 5.79. The van der Waals surface area contributed by atoms with E-state index in [4.69, 9.17) is 9.97 Å². The number of rotatable bonds is 3. The molecule has 2 aliphatic rings. The van der Waals surface area contributed by atoms with Crippen molar-refractivity contribution in [3.63, 3.8) is 0 Å². The molecule has 6 nitrogen and oxygen atoms in total. The highest BCUT2D eigenvalue weighted by Crippen LogP contribution is 2.31. The zero-order valence-electron chi connectivity index (χ0n) is 15.5. The molecule has 0 spiro atoms. The lowest BCUT2D eigenvalue weighted by Gasteiger charge is -2.32. The number of pyridine rings is 1. The summed E-state index contributed by atoms with van der Waals surface area (Å²) >= 11 is 0. The molecule has 0 bridgehead atoms. The van der Waals surface area contributed by atoms with Crippen molar-refractivity contribution in [2.24, 2.45) is 5.92 Å². The van der Waals surface area contributed by atoms with Crippen LogP contribution in [0.4, 0.5) is 5.82 Å². The quantitative estimate of drug-likeness (QED) is 0.851. The number of hydrogen-bond donors (Lipinski definition) is 0. The third kappa shape index (κ3) is 3.16. The van der Waals surface area contributed by atoms with E-state index in [1.165, 1.54) is 12.8 Å². The number of carbonyl (C=O) groups is 1. The predicted octanol–water partition coefficient (Wildman–Crippen LogP) is 2.68. The van der Waals surface area contributed by atoms with E-state index in [9.17, 15) is 4.79 Å². The average molecular weight is 351 g/mol. The third-order valence-electron chi connectivity index (χ3n) is 5.40. The minimum Gasteiger partial charge on any atom is -0.362 e. The Hall–Kier alpha value is -2.50. The van der Waals surface area contributed by atoms with Crippen molar-refractivity contribution in [1.82, 2.24) is 19.9 Å². The van der Waals surface area contributed by atoms with Crippen LogP contribution >= 0.6 is 0 Å². The topological polar surface area (TPSA) is 62.2 Å². The Morgan fingerprint density at radius 1 is 1.23 bits per heavy atom. The van der Waals surface area contributed by atoms with Gasteiger partial charge >= 0.3 is 0 Å². The van der Waals surface area contributed by atoms with E-state index < -0.39 is 0 Å². The summed E-state index contributed by atoms with van der Waals surface area (Å²) in [5, 5.41) is 0. The van der Waals surface area contributed by atoms with Gasteiger partial charge in [-0.15, -0.1) is 0 Å². The Balaban J connectivity index is 1.68. The number of anilines is 1. The Labute approximate surface area is 154 Å². The summed E-state index contributed by atoms with van der Waals surface area (Å²) < 4.78 is 0. The smallest absolute Gasteiger partial charge is 0.226 e. The second-order valence-corrected chi connectivity index (χ2v) is 7.42. The van der Waals surface area contributed by atoms with Crippen LogP contribution in [0, 0.1) is 5.92 Å². The van der Waals surface area contributed by atoms with Crippen LogP contribution in [-0.2, 0) is 17.8 Å². The highest BCUT2D eigenvalue weighted by Gasteiger charge is 2.31.